The van der Waals surface area contributed by atoms with E-state index in [9.17, 15) is 5.26 Å². The number of thiazole rings is 1. The zero-order valence-corrected chi connectivity index (χ0v) is 17.7. The number of allylic oxidation sites excluding steroid dienone is 1. The van der Waals surface area contributed by atoms with Crippen LogP contribution in [0.5, 0.6) is 11.5 Å². The molecule has 6 heteroatoms. The van der Waals surface area contributed by atoms with E-state index in [1.165, 1.54) is 11.3 Å². The lowest BCUT2D eigenvalue weighted by atomic mass is 10.1. The lowest BCUT2D eigenvalue weighted by Gasteiger charge is -2.11. The molecule has 0 spiro atoms. The predicted molar refractivity (Wildman–Crippen MR) is 123 cm³/mol. The van der Waals surface area contributed by atoms with Gasteiger partial charge in [0.1, 0.15) is 17.7 Å². The summed E-state index contributed by atoms with van der Waals surface area (Å²) in [5.41, 5.74) is 4.20. The van der Waals surface area contributed by atoms with Crippen LogP contribution in [0.15, 0.2) is 78.4 Å². The Bertz CT molecular complexity index is 1230. The molecule has 0 aliphatic carbocycles. The van der Waals surface area contributed by atoms with Crippen molar-refractivity contribution in [1.29, 1.82) is 5.26 Å². The van der Waals surface area contributed by atoms with E-state index in [1.54, 1.807) is 25.6 Å². The van der Waals surface area contributed by atoms with Crippen molar-refractivity contribution in [3.63, 3.8) is 0 Å². The van der Waals surface area contributed by atoms with Gasteiger partial charge in [0.2, 0.25) is 0 Å². The third kappa shape index (κ3) is 4.97. The van der Waals surface area contributed by atoms with E-state index in [4.69, 9.17) is 9.47 Å². The molecule has 0 aliphatic rings. The van der Waals surface area contributed by atoms with Crippen molar-refractivity contribution in [1.82, 2.24) is 9.97 Å². The number of benzene rings is 2. The van der Waals surface area contributed by atoms with E-state index < -0.39 is 0 Å². The first-order valence-electron chi connectivity index (χ1n) is 9.59. The van der Waals surface area contributed by atoms with E-state index in [-0.39, 0.29) is 0 Å². The molecule has 0 N–H and O–H groups in total. The molecular formula is C25H19N3O2S. The topological polar surface area (TPSA) is 68.0 Å². The molecule has 0 unspecified atom stereocenters. The molecule has 2 heterocycles. The van der Waals surface area contributed by atoms with Gasteiger partial charge < -0.3 is 9.47 Å². The molecule has 152 valence electrons. The van der Waals surface area contributed by atoms with Crippen LogP contribution in [0.1, 0.15) is 16.1 Å². The van der Waals surface area contributed by atoms with E-state index >= 15 is 0 Å². The summed E-state index contributed by atoms with van der Waals surface area (Å²) in [5.74, 6) is 1.26. The number of nitriles is 1. The minimum atomic E-state index is 0.451. The molecule has 2 aromatic carbocycles. The molecule has 5 nitrogen and oxygen atoms in total. The zero-order valence-electron chi connectivity index (χ0n) is 16.9. The van der Waals surface area contributed by atoms with E-state index in [0.717, 1.165) is 22.4 Å². The Labute approximate surface area is 184 Å². The maximum absolute atomic E-state index is 9.69. The van der Waals surface area contributed by atoms with Gasteiger partial charge >= 0.3 is 0 Å². The van der Waals surface area contributed by atoms with Crippen LogP contribution < -0.4 is 9.47 Å². The molecule has 0 fully saturated rings. The van der Waals surface area contributed by atoms with Crippen LogP contribution in [0.25, 0.3) is 22.9 Å². The van der Waals surface area contributed by atoms with Gasteiger partial charge in [0.05, 0.1) is 18.4 Å². The molecule has 0 saturated heterocycles. The molecule has 4 aromatic rings. The van der Waals surface area contributed by atoms with Gasteiger partial charge in [0, 0.05) is 23.3 Å². The normalized spacial score (nSPS) is 11.0. The average Bonchev–Trinajstić information content (AvgIpc) is 3.33. The molecule has 0 saturated carbocycles. The van der Waals surface area contributed by atoms with Gasteiger partial charge in [-0.1, -0.05) is 36.4 Å². The summed E-state index contributed by atoms with van der Waals surface area (Å²) in [5, 5.41) is 12.3. The largest absolute Gasteiger partial charge is 0.493 e. The van der Waals surface area contributed by atoms with Crippen molar-refractivity contribution >= 4 is 23.0 Å². The molecule has 0 radical (unpaired) electrons. The summed E-state index contributed by atoms with van der Waals surface area (Å²) >= 11 is 1.44. The Hall–Kier alpha value is -3.95. The number of hydrogen-bond donors (Lipinski definition) is 0. The van der Waals surface area contributed by atoms with Crippen LogP contribution in [0.2, 0.25) is 0 Å². The number of pyridine rings is 1. The minimum absolute atomic E-state index is 0.451. The SMILES string of the molecule is COc1cc(C=C(C#N)c2nc(-c3ccncc3)cs2)ccc1OCc1ccccc1. The molecule has 4 rings (SSSR count). The van der Waals surface area contributed by atoms with Crippen molar-refractivity contribution in [3.8, 4) is 28.8 Å². The molecule has 31 heavy (non-hydrogen) atoms. The first-order chi connectivity index (χ1) is 15.3. The number of rotatable bonds is 7. The molecular weight excluding hydrogens is 406 g/mol. The fourth-order valence-electron chi connectivity index (χ4n) is 2.99. The van der Waals surface area contributed by atoms with Gasteiger partial charge in [0.15, 0.2) is 11.5 Å². The Morgan fingerprint density at radius 1 is 1.06 bits per heavy atom. The number of aromatic nitrogens is 2. The summed E-state index contributed by atoms with van der Waals surface area (Å²) in [6, 6.07) is 21.6. The van der Waals surface area contributed by atoms with Gasteiger partial charge in [-0.05, 0) is 41.5 Å². The van der Waals surface area contributed by atoms with Crippen molar-refractivity contribution in [2.24, 2.45) is 0 Å². The maximum Gasteiger partial charge on any atom is 0.161 e. The number of methoxy groups -OCH3 is 1. The summed E-state index contributed by atoms with van der Waals surface area (Å²) in [4.78, 5) is 8.64. The molecule has 0 bridgehead atoms. The van der Waals surface area contributed by atoms with Crippen molar-refractivity contribution in [2.75, 3.05) is 7.11 Å². The standard InChI is InChI=1S/C25H19N3O2S/c1-29-24-14-19(7-8-23(24)30-16-18-5-3-2-4-6-18)13-21(15-26)25-28-22(17-31-25)20-9-11-27-12-10-20/h2-14,17H,16H2,1H3. The summed E-state index contributed by atoms with van der Waals surface area (Å²) in [6.07, 6.45) is 5.25. The van der Waals surface area contributed by atoms with E-state index in [0.29, 0.717) is 28.7 Å². The molecule has 0 aliphatic heterocycles. The monoisotopic (exact) mass is 425 g/mol. The summed E-state index contributed by atoms with van der Waals surface area (Å²) < 4.78 is 11.4. The number of hydrogen-bond acceptors (Lipinski definition) is 6. The van der Waals surface area contributed by atoms with Gasteiger partial charge in [0.25, 0.3) is 0 Å². The Morgan fingerprint density at radius 3 is 2.61 bits per heavy atom. The van der Waals surface area contributed by atoms with Crippen LogP contribution >= 0.6 is 11.3 Å². The third-order valence-corrected chi connectivity index (χ3v) is 5.44. The van der Waals surface area contributed by atoms with Crippen LogP contribution in [-0.2, 0) is 6.61 Å². The van der Waals surface area contributed by atoms with Gasteiger partial charge in [-0.25, -0.2) is 4.98 Å². The smallest absolute Gasteiger partial charge is 0.161 e. The van der Waals surface area contributed by atoms with Gasteiger partial charge in [-0.15, -0.1) is 11.3 Å². The Balaban J connectivity index is 1.55. The number of ether oxygens (including phenoxy) is 2. The summed E-state index contributed by atoms with van der Waals surface area (Å²) in [7, 11) is 1.60. The minimum Gasteiger partial charge on any atom is -0.493 e. The highest BCUT2D eigenvalue weighted by atomic mass is 32.1. The van der Waals surface area contributed by atoms with Gasteiger partial charge in [-0.3, -0.25) is 4.98 Å². The van der Waals surface area contributed by atoms with Crippen molar-refractivity contribution < 1.29 is 9.47 Å². The molecule has 0 atom stereocenters. The van der Waals surface area contributed by atoms with Crippen LogP contribution in [0.4, 0.5) is 0 Å². The predicted octanol–water partition coefficient (Wildman–Crippen LogP) is 5.86. The Kier molecular flexibility index (Phi) is 6.36. The first kappa shape index (κ1) is 20.3. The fourth-order valence-corrected chi connectivity index (χ4v) is 3.78. The van der Waals surface area contributed by atoms with E-state index in [1.807, 2.05) is 66.0 Å². The van der Waals surface area contributed by atoms with Crippen molar-refractivity contribution in [3.05, 3.63) is 94.6 Å². The Morgan fingerprint density at radius 2 is 1.87 bits per heavy atom. The molecule has 0 amide bonds. The highest BCUT2D eigenvalue weighted by Gasteiger charge is 2.11. The van der Waals surface area contributed by atoms with Crippen LogP contribution in [-0.4, -0.2) is 17.1 Å². The summed E-state index contributed by atoms with van der Waals surface area (Å²) in [6.45, 7) is 0.451. The molecule has 2 aromatic heterocycles. The highest BCUT2D eigenvalue weighted by molar-refractivity contribution is 7.11. The number of nitrogens with zero attached hydrogens (tertiary/aromatic N) is 3. The third-order valence-electron chi connectivity index (χ3n) is 4.57. The van der Waals surface area contributed by atoms with Gasteiger partial charge in [-0.2, -0.15) is 5.26 Å². The maximum atomic E-state index is 9.69. The van der Waals surface area contributed by atoms with Crippen LogP contribution in [0.3, 0.4) is 0 Å². The first-order valence-corrected chi connectivity index (χ1v) is 10.5. The second-order valence-electron chi connectivity index (χ2n) is 6.63. The lowest BCUT2D eigenvalue weighted by molar-refractivity contribution is 0.284. The highest BCUT2D eigenvalue weighted by Crippen LogP contribution is 2.31. The zero-order chi connectivity index (χ0) is 21.5. The lowest BCUT2D eigenvalue weighted by Crippen LogP contribution is -1.97. The fraction of sp³-hybridized carbons (Fsp3) is 0.0800. The second-order valence-corrected chi connectivity index (χ2v) is 7.49. The van der Waals surface area contributed by atoms with E-state index in [2.05, 4.69) is 16.0 Å². The quantitative estimate of drug-likeness (QED) is 0.347. The van der Waals surface area contributed by atoms with Crippen LogP contribution in [0, 0.1) is 11.3 Å². The second kappa shape index (κ2) is 9.70. The average molecular weight is 426 g/mol. The van der Waals surface area contributed by atoms with Crippen molar-refractivity contribution in [2.45, 2.75) is 6.61 Å².